The smallest absolute Gasteiger partial charge is 0.00178 e. The molecule has 0 aromatic rings. The van der Waals surface area contributed by atoms with E-state index in [4.69, 9.17) is 0 Å². The predicted octanol–water partition coefficient (Wildman–Crippen LogP) is 4.25. The first-order valence-corrected chi connectivity index (χ1v) is 7.50. The molecule has 1 fully saturated rings. The van der Waals surface area contributed by atoms with Crippen LogP contribution in [0.5, 0.6) is 0 Å². The zero-order valence-electron chi connectivity index (χ0n) is 12.0. The lowest BCUT2D eigenvalue weighted by molar-refractivity contribution is 0.146. The monoisotopic (exact) mass is 237 g/mol. The average Bonchev–Trinajstić information content (AvgIpc) is 2.31. The Kier molecular flexibility index (Phi) is 6.87. The minimum absolute atomic E-state index is 0.854. The maximum atomic E-state index is 3.94. The Morgan fingerprint density at radius 1 is 1.29 bits per heavy atom. The summed E-state index contributed by atoms with van der Waals surface area (Å²) in [6.07, 6.45) is 8.85. The highest BCUT2D eigenvalue weighted by Gasteiger charge is 2.30. The summed E-state index contributed by atoms with van der Waals surface area (Å²) in [5, 5.41) is 3.60. The second-order valence-electron chi connectivity index (χ2n) is 6.07. The summed E-state index contributed by atoms with van der Waals surface area (Å²) in [6.45, 7) is 13.3. The van der Waals surface area contributed by atoms with Gasteiger partial charge in [0.1, 0.15) is 0 Å². The highest BCUT2D eigenvalue weighted by atomic mass is 14.9. The molecule has 1 aliphatic carbocycles. The normalized spacial score (nSPS) is 29.5. The Morgan fingerprint density at radius 2 is 2.06 bits per heavy atom. The lowest BCUT2D eigenvalue weighted by Gasteiger charge is -2.37. The standard InChI is InChI=1S/C16H31N/c1-5-7-15-11-14(13(3)4)8-9-16(15)12-17-10-6-2/h5,13-17H,1,6-12H2,2-4H3. The van der Waals surface area contributed by atoms with Gasteiger partial charge in [0.05, 0.1) is 0 Å². The van der Waals surface area contributed by atoms with Gasteiger partial charge in [-0.3, -0.25) is 0 Å². The van der Waals surface area contributed by atoms with Gasteiger partial charge < -0.3 is 5.32 Å². The molecular formula is C16H31N. The van der Waals surface area contributed by atoms with Crippen LogP contribution in [0.3, 0.4) is 0 Å². The first kappa shape index (κ1) is 14.8. The van der Waals surface area contributed by atoms with Gasteiger partial charge in [-0.05, 0) is 68.9 Å². The van der Waals surface area contributed by atoms with Crippen molar-refractivity contribution in [2.24, 2.45) is 23.7 Å². The van der Waals surface area contributed by atoms with Crippen LogP contribution in [0.25, 0.3) is 0 Å². The van der Waals surface area contributed by atoms with Gasteiger partial charge in [-0.1, -0.05) is 26.8 Å². The van der Waals surface area contributed by atoms with E-state index >= 15 is 0 Å². The molecule has 1 heteroatoms. The largest absolute Gasteiger partial charge is 0.316 e. The Hall–Kier alpha value is -0.300. The molecule has 3 atom stereocenters. The molecule has 0 bridgehead atoms. The molecule has 3 unspecified atom stereocenters. The summed E-state index contributed by atoms with van der Waals surface area (Å²) in [4.78, 5) is 0. The fraction of sp³-hybridized carbons (Fsp3) is 0.875. The first-order valence-electron chi connectivity index (χ1n) is 7.50. The maximum absolute atomic E-state index is 3.94. The van der Waals surface area contributed by atoms with Crippen LogP contribution in [0.1, 0.15) is 52.9 Å². The molecule has 1 rings (SSSR count). The van der Waals surface area contributed by atoms with Crippen molar-refractivity contribution in [1.82, 2.24) is 5.32 Å². The third kappa shape index (κ3) is 4.83. The number of rotatable bonds is 7. The molecule has 0 amide bonds. The Balaban J connectivity index is 2.44. The minimum Gasteiger partial charge on any atom is -0.316 e. The minimum atomic E-state index is 0.854. The van der Waals surface area contributed by atoms with Crippen molar-refractivity contribution in [2.75, 3.05) is 13.1 Å². The summed E-state index contributed by atoms with van der Waals surface area (Å²) in [7, 11) is 0. The Bertz CT molecular complexity index is 210. The molecule has 0 heterocycles. The van der Waals surface area contributed by atoms with Gasteiger partial charge in [-0.25, -0.2) is 0 Å². The van der Waals surface area contributed by atoms with Gasteiger partial charge in [0.2, 0.25) is 0 Å². The first-order chi connectivity index (χ1) is 8.19. The lowest BCUT2D eigenvalue weighted by atomic mass is 9.69. The van der Waals surface area contributed by atoms with Crippen molar-refractivity contribution < 1.29 is 0 Å². The van der Waals surface area contributed by atoms with Crippen molar-refractivity contribution >= 4 is 0 Å². The van der Waals surface area contributed by atoms with Crippen LogP contribution in [-0.4, -0.2) is 13.1 Å². The second-order valence-corrected chi connectivity index (χ2v) is 6.07. The molecule has 1 saturated carbocycles. The van der Waals surface area contributed by atoms with Crippen molar-refractivity contribution in [3.8, 4) is 0 Å². The van der Waals surface area contributed by atoms with E-state index in [0.717, 1.165) is 23.7 Å². The zero-order chi connectivity index (χ0) is 12.7. The number of hydrogen-bond donors (Lipinski definition) is 1. The van der Waals surface area contributed by atoms with Crippen LogP contribution in [-0.2, 0) is 0 Å². The van der Waals surface area contributed by atoms with Crippen LogP contribution < -0.4 is 5.32 Å². The fourth-order valence-electron chi connectivity index (χ4n) is 3.20. The third-order valence-electron chi connectivity index (χ3n) is 4.43. The van der Waals surface area contributed by atoms with E-state index in [9.17, 15) is 0 Å². The Labute approximate surface area is 108 Å². The van der Waals surface area contributed by atoms with Gasteiger partial charge in [-0.2, -0.15) is 0 Å². The SMILES string of the molecule is C=CCC1CC(C(C)C)CCC1CNCCC. The molecule has 0 aromatic heterocycles. The van der Waals surface area contributed by atoms with Gasteiger partial charge >= 0.3 is 0 Å². The van der Waals surface area contributed by atoms with Crippen molar-refractivity contribution in [3.05, 3.63) is 12.7 Å². The van der Waals surface area contributed by atoms with Crippen molar-refractivity contribution in [1.29, 1.82) is 0 Å². The van der Waals surface area contributed by atoms with E-state index in [2.05, 4.69) is 38.7 Å². The molecule has 1 nitrogen and oxygen atoms in total. The van der Waals surface area contributed by atoms with Crippen LogP contribution in [0.15, 0.2) is 12.7 Å². The molecule has 0 radical (unpaired) electrons. The van der Waals surface area contributed by atoms with Crippen LogP contribution in [0.2, 0.25) is 0 Å². The maximum Gasteiger partial charge on any atom is -0.00178 e. The molecule has 1 aliphatic rings. The summed E-state index contributed by atoms with van der Waals surface area (Å²) < 4.78 is 0. The van der Waals surface area contributed by atoms with E-state index in [0.29, 0.717) is 0 Å². The summed E-state index contributed by atoms with van der Waals surface area (Å²) >= 11 is 0. The second kappa shape index (κ2) is 7.92. The van der Waals surface area contributed by atoms with E-state index in [-0.39, 0.29) is 0 Å². The van der Waals surface area contributed by atoms with Gasteiger partial charge in [0.25, 0.3) is 0 Å². The molecule has 0 spiro atoms. The van der Waals surface area contributed by atoms with E-state index in [1.54, 1.807) is 0 Å². The Morgan fingerprint density at radius 3 is 2.65 bits per heavy atom. The van der Waals surface area contributed by atoms with Crippen molar-refractivity contribution in [3.63, 3.8) is 0 Å². The fourth-order valence-corrected chi connectivity index (χ4v) is 3.20. The van der Waals surface area contributed by atoms with Crippen LogP contribution >= 0.6 is 0 Å². The quantitative estimate of drug-likeness (QED) is 0.515. The number of hydrogen-bond acceptors (Lipinski definition) is 1. The highest BCUT2D eigenvalue weighted by Crippen LogP contribution is 2.39. The zero-order valence-corrected chi connectivity index (χ0v) is 12.0. The predicted molar refractivity (Wildman–Crippen MR) is 77.1 cm³/mol. The van der Waals surface area contributed by atoms with Gasteiger partial charge in [-0.15, -0.1) is 6.58 Å². The summed E-state index contributed by atoms with van der Waals surface area (Å²) in [5.41, 5.74) is 0. The number of allylic oxidation sites excluding steroid dienone is 1. The average molecular weight is 237 g/mol. The van der Waals surface area contributed by atoms with Gasteiger partial charge in [0, 0.05) is 0 Å². The van der Waals surface area contributed by atoms with Crippen LogP contribution in [0.4, 0.5) is 0 Å². The molecule has 0 aromatic carbocycles. The van der Waals surface area contributed by atoms with E-state index in [1.807, 2.05) is 0 Å². The van der Waals surface area contributed by atoms with Gasteiger partial charge in [0.15, 0.2) is 0 Å². The number of nitrogens with one attached hydrogen (secondary N) is 1. The molecular weight excluding hydrogens is 206 g/mol. The van der Waals surface area contributed by atoms with Crippen LogP contribution in [0, 0.1) is 23.7 Å². The molecule has 17 heavy (non-hydrogen) atoms. The molecule has 0 saturated heterocycles. The molecule has 100 valence electrons. The molecule has 1 N–H and O–H groups in total. The van der Waals surface area contributed by atoms with E-state index < -0.39 is 0 Å². The topological polar surface area (TPSA) is 12.0 Å². The van der Waals surface area contributed by atoms with E-state index in [1.165, 1.54) is 45.2 Å². The summed E-state index contributed by atoms with van der Waals surface area (Å²) in [6, 6.07) is 0. The molecule has 0 aliphatic heterocycles. The highest BCUT2D eigenvalue weighted by molar-refractivity contribution is 4.86. The van der Waals surface area contributed by atoms with Crippen molar-refractivity contribution in [2.45, 2.75) is 52.9 Å². The third-order valence-corrected chi connectivity index (χ3v) is 4.43. The lowest BCUT2D eigenvalue weighted by Crippen LogP contribution is -2.34. The summed E-state index contributed by atoms with van der Waals surface area (Å²) in [5.74, 6) is 3.56.